The molecule has 2 aliphatic heterocycles. The molecule has 5 rings (SSSR count). The number of halogens is 1. The van der Waals surface area contributed by atoms with Gasteiger partial charge in [0.2, 0.25) is 24.4 Å². The highest BCUT2D eigenvalue weighted by molar-refractivity contribution is 6.30. The molecule has 7 nitrogen and oxygen atoms in total. The zero-order valence-corrected chi connectivity index (χ0v) is 14.8. The summed E-state index contributed by atoms with van der Waals surface area (Å²) in [5, 5.41) is 4.65. The van der Waals surface area contributed by atoms with Crippen LogP contribution in [0.15, 0.2) is 47.0 Å². The van der Waals surface area contributed by atoms with E-state index in [9.17, 15) is 4.79 Å². The molecule has 3 heterocycles. The molecular formula is C19H14ClN3O4. The number of benzene rings is 2. The number of fused-ring (bicyclic) bond motifs is 1. The first-order valence-corrected chi connectivity index (χ1v) is 8.85. The molecule has 136 valence electrons. The first-order valence-electron chi connectivity index (χ1n) is 8.47. The lowest BCUT2D eigenvalue weighted by Crippen LogP contribution is -2.24. The number of aromatic nitrogens is 2. The largest absolute Gasteiger partial charge is 0.454 e. The van der Waals surface area contributed by atoms with Gasteiger partial charge in [-0.05, 0) is 36.4 Å². The lowest BCUT2D eigenvalue weighted by Gasteiger charge is -2.16. The van der Waals surface area contributed by atoms with E-state index >= 15 is 0 Å². The maximum atomic E-state index is 12.4. The van der Waals surface area contributed by atoms with Gasteiger partial charge in [0.15, 0.2) is 11.5 Å². The molecule has 3 aromatic rings. The number of carbonyl (C=O) groups excluding carboxylic acids is 1. The summed E-state index contributed by atoms with van der Waals surface area (Å²) in [7, 11) is 0. The van der Waals surface area contributed by atoms with Gasteiger partial charge in [0.05, 0.1) is 5.92 Å². The summed E-state index contributed by atoms with van der Waals surface area (Å²) < 4.78 is 16.1. The number of ether oxygens (including phenoxy) is 2. The first-order chi connectivity index (χ1) is 13.2. The Balaban J connectivity index is 1.38. The molecule has 0 bridgehead atoms. The van der Waals surface area contributed by atoms with E-state index in [2.05, 4.69) is 10.1 Å². The molecule has 1 aromatic heterocycles. The molecule has 0 aliphatic carbocycles. The normalized spacial score (nSPS) is 18.3. The quantitative estimate of drug-likeness (QED) is 0.687. The maximum Gasteiger partial charge on any atom is 0.232 e. The summed E-state index contributed by atoms with van der Waals surface area (Å²) in [6.07, 6.45) is 0.315. The minimum Gasteiger partial charge on any atom is -0.454 e. The lowest BCUT2D eigenvalue weighted by atomic mass is 10.1. The molecule has 1 amide bonds. The summed E-state index contributed by atoms with van der Waals surface area (Å²) in [5.41, 5.74) is 1.54. The Hall–Kier alpha value is -3.06. The second kappa shape index (κ2) is 6.28. The number of anilines is 1. The minimum absolute atomic E-state index is 0.00472. The van der Waals surface area contributed by atoms with Crippen LogP contribution in [0.4, 0.5) is 5.69 Å². The van der Waals surface area contributed by atoms with Gasteiger partial charge in [-0.25, -0.2) is 0 Å². The maximum absolute atomic E-state index is 12.4. The fraction of sp³-hybridized carbons (Fsp3) is 0.211. The van der Waals surface area contributed by atoms with Gasteiger partial charge in [0.25, 0.3) is 0 Å². The molecule has 27 heavy (non-hydrogen) atoms. The predicted molar refractivity (Wildman–Crippen MR) is 97.0 cm³/mol. The van der Waals surface area contributed by atoms with Gasteiger partial charge in [0, 0.05) is 29.2 Å². The van der Waals surface area contributed by atoms with E-state index in [0.717, 1.165) is 11.3 Å². The summed E-state index contributed by atoms with van der Waals surface area (Å²) in [6.45, 7) is 0.682. The molecule has 1 fully saturated rings. The highest BCUT2D eigenvalue weighted by Gasteiger charge is 2.35. The van der Waals surface area contributed by atoms with Crippen LogP contribution in [0.3, 0.4) is 0 Å². The Bertz CT molecular complexity index is 1040. The number of rotatable bonds is 3. The van der Waals surface area contributed by atoms with Crippen LogP contribution in [0, 0.1) is 0 Å². The van der Waals surface area contributed by atoms with Crippen molar-refractivity contribution in [2.75, 3.05) is 18.2 Å². The molecule has 2 aliphatic rings. The fourth-order valence-corrected chi connectivity index (χ4v) is 3.50. The highest BCUT2D eigenvalue weighted by Crippen LogP contribution is 2.36. The van der Waals surface area contributed by atoms with Crippen LogP contribution in [0.1, 0.15) is 18.2 Å². The topological polar surface area (TPSA) is 77.7 Å². The van der Waals surface area contributed by atoms with Crippen LogP contribution < -0.4 is 14.4 Å². The standard InChI is InChI=1S/C19H14ClN3O4/c20-13-2-1-3-14(8-13)23-9-12(7-17(23)24)19-21-18(22-27-19)11-4-5-15-16(6-11)26-10-25-15/h1-6,8,12H,7,9-10H2/t12-/m1/s1. The van der Waals surface area contributed by atoms with Crippen molar-refractivity contribution in [3.8, 4) is 22.9 Å². The minimum atomic E-state index is -0.160. The average Bonchev–Trinajstić information content (AvgIpc) is 3.40. The van der Waals surface area contributed by atoms with Gasteiger partial charge >= 0.3 is 0 Å². The number of carbonyl (C=O) groups is 1. The molecule has 0 radical (unpaired) electrons. The Labute approximate surface area is 159 Å². The fourth-order valence-electron chi connectivity index (χ4n) is 3.32. The molecule has 8 heteroatoms. The predicted octanol–water partition coefficient (Wildman–Crippen LogP) is 3.64. The third-order valence-corrected chi connectivity index (χ3v) is 4.90. The van der Waals surface area contributed by atoms with Crippen molar-refractivity contribution >= 4 is 23.2 Å². The molecule has 1 saturated heterocycles. The average molecular weight is 384 g/mol. The molecule has 0 unspecified atom stereocenters. The van der Waals surface area contributed by atoms with Crippen molar-refractivity contribution in [2.24, 2.45) is 0 Å². The van der Waals surface area contributed by atoms with Gasteiger partial charge in [-0.15, -0.1) is 0 Å². The molecule has 2 aromatic carbocycles. The van der Waals surface area contributed by atoms with E-state index in [1.165, 1.54) is 0 Å². The van der Waals surface area contributed by atoms with Gasteiger partial charge in [0.1, 0.15) is 0 Å². The van der Waals surface area contributed by atoms with E-state index in [1.807, 2.05) is 30.3 Å². The van der Waals surface area contributed by atoms with Gasteiger partial charge in [-0.1, -0.05) is 22.8 Å². The van der Waals surface area contributed by atoms with Crippen LogP contribution in [0.25, 0.3) is 11.4 Å². The molecule has 1 atom stereocenters. The van der Waals surface area contributed by atoms with Gasteiger partial charge < -0.3 is 18.9 Å². The zero-order valence-electron chi connectivity index (χ0n) is 14.1. The lowest BCUT2D eigenvalue weighted by molar-refractivity contribution is -0.117. The number of hydrogen-bond donors (Lipinski definition) is 0. The SMILES string of the molecule is O=C1C[C@@H](c2nc(-c3ccc4c(c3)OCO4)no2)CN1c1cccc(Cl)c1. The highest BCUT2D eigenvalue weighted by atomic mass is 35.5. The first kappa shape index (κ1) is 16.1. The van der Waals surface area contributed by atoms with Crippen molar-refractivity contribution in [1.29, 1.82) is 0 Å². The second-order valence-corrected chi connectivity index (χ2v) is 6.85. The van der Waals surface area contributed by atoms with Crippen LogP contribution in [-0.2, 0) is 4.79 Å². The van der Waals surface area contributed by atoms with E-state index < -0.39 is 0 Å². The van der Waals surface area contributed by atoms with Crippen LogP contribution in [-0.4, -0.2) is 29.4 Å². The van der Waals surface area contributed by atoms with Crippen molar-refractivity contribution in [3.05, 3.63) is 53.4 Å². The number of hydrogen-bond acceptors (Lipinski definition) is 6. The Morgan fingerprint density at radius 1 is 1.11 bits per heavy atom. The molecule has 0 spiro atoms. The summed E-state index contributed by atoms with van der Waals surface area (Å²) >= 11 is 6.04. The van der Waals surface area contributed by atoms with Crippen LogP contribution in [0.5, 0.6) is 11.5 Å². The summed E-state index contributed by atoms with van der Waals surface area (Å²) in [5.74, 6) is 2.09. The Morgan fingerprint density at radius 3 is 2.89 bits per heavy atom. The van der Waals surface area contributed by atoms with Crippen molar-refractivity contribution < 1.29 is 18.8 Å². The van der Waals surface area contributed by atoms with Crippen molar-refractivity contribution in [2.45, 2.75) is 12.3 Å². The van der Waals surface area contributed by atoms with E-state index in [1.54, 1.807) is 17.0 Å². The Morgan fingerprint density at radius 2 is 2.00 bits per heavy atom. The van der Waals surface area contributed by atoms with Crippen LogP contribution in [0.2, 0.25) is 5.02 Å². The zero-order chi connectivity index (χ0) is 18.4. The van der Waals surface area contributed by atoms with Gasteiger partial charge in [-0.2, -0.15) is 4.98 Å². The molecule has 0 N–H and O–H groups in total. The monoisotopic (exact) mass is 383 g/mol. The molecular weight excluding hydrogens is 370 g/mol. The van der Waals surface area contributed by atoms with Crippen LogP contribution >= 0.6 is 11.6 Å². The third kappa shape index (κ3) is 2.90. The van der Waals surface area contributed by atoms with Gasteiger partial charge in [-0.3, -0.25) is 4.79 Å². The van der Waals surface area contributed by atoms with E-state index in [-0.39, 0.29) is 18.6 Å². The smallest absolute Gasteiger partial charge is 0.232 e. The van der Waals surface area contributed by atoms with Crippen molar-refractivity contribution in [3.63, 3.8) is 0 Å². The second-order valence-electron chi connectivity index (χ2n) is 6.41. The number of amides is 1. The third-order valence-electron chi connectivity index (χ3n) is 4.67. The summed E-state index contributed by atoms with van der Waals surface area (Å²) in [6, 6.07) is 12.7. The van der Waals surface area contributed by atoms with Crippen molar-refractivity contribution in [1.82, 2.24) is 10.1 Å². The molecule has 0 saturated carbocycles. The Kier molecular flexibility index (Phi) is 3.75. The van der Waals surface area contributed by atoms with E-state index in [4.69, 9.17) is 25.6 Å². The number of nitrogens with zero attached hydrogens (tertiary/aromatic N) is 3. The summed E-state index contributed by atoms with van der Waals surface area (Å²) in [4.78, 5) is 18.6. The van der Waals surface area contributed by atoms with E-state index in [0.29, 0.717) is 41.2 Å².